The van der Waals surface area contributed by atoms with Gasteiger partial charge in [0, 0.05) is 36.9 Å². The van der Waals surface area contributed by atoms with E-state index in [1.54, 1.807) is 18.2 Å². The molecule has 0 radical (unpaired) electrons. The Balaban J connectivity index is 1.63. The Morgan fingerprint density at radius 3 is 2.49 bits per heavy atom. The third kappa shape index (κ3) is 5.26. The second-order valence-electron chi connectivity index (χ2n) is 9.73. The Hall–Kier alpha value is -4.51. The van der Waals surface area contributed by atoms with Gasteiger partial charge in [0.2, 0.25) is 0 Å². The number of aromatic amines is 1. The highest BCUT2D eigenvalue weighted by molar-refractivity contribution is 5.87. The van der Waals surface area contributed by atoms with E-state index in [2.05, 4.69) is 15.5 Å². The van der Waals surface area contributed by atoms with Crippen molar-refractivity contribution < 1.29 is 19.4 Å². The van der Waals surface area contributed by atoms with Crippen molar-refractivity contribution in [3.8, 4) is 28.2 Å². The van der Waals surface area contributed by atoms with Gasteiger partial charge in [-0.1, -0.05) is 18.2 Å². The average Bonchev–Trinajstić information content (AvgIpc) is 3.33. The minimum absolute atomic E-state index is 0.0962. The summed E-state index contributed by atoms with van der Waals surface area (Å²) in [6.07, 6.45) is 0.339. The Morgan fingerprint density at radius 1 is 1.10 bits per heavy atom. The molecule has 0 atom stereocenters. The van der Waals surface area contributed by atoms with Crippen LogP contribution in [-0.4, -0.2) is 66.4 Å². The quantitative estimate of drug-likeness (QED) is 0.282. The lowest BCUT2D eigenvalue weighted by molar-refractivity contribution is 0.114. The molecule has 0 aliphatic carbocycles. The zero-order chi connectivity index (χ0) is 27.6. The predicted octanol–water partition coefficient (Wildman–Crippen LogP) is 4.04. The molecule has 3 heterocycles. The molecule has 2 aromatic heterocycles. The molecule has 202 valence electrons. The van der Waals surface area contributed by atoms with E-state index in [-0.39, 0.29) is 18.0 Å². The third-order valence-corrected chi connectivity index (χ3v) is 7.26. The van der Waals surface area contributed by atoms with Crippen molar-refractivity contribution in [2.24, 2.45) is 0 Å². The van der Waals surface area contributed by atoms with E-state index in [1.165, 1.54) is 27.8 Å². The fourth-order valence-electron chi connectivity index (χ4n) is 5.05. The lowest BCUT2D eigenvalue weighted by Gasteiger charge is -2.41. The summed E-state index contributed by atoms with van der Waals surface area (Å²) in [5.74, 6) is 0.0607. The number of nitrogens with one attached hydrogen (secondary N) is 2. The van der Waals surface area contributed by atoms with Gasteiger partial charge in [0.15, 0.2) is 5.82 Å². The molecule has 39 heavy (non-hydrogen) atoms. The molecule has 1 amide bonds. The number of halogens is 1. The molecule has 1 saturated heterocycles. The van der Waals surface area contributed by atoms with Crippen LogP contribution in [0.2, 0.25) is 0 Å². The molecule has 0 saturated carbocycles. The van der Waals surface area contributed by atoms with Crippen LogP contribution in [0.25, 0.3) is 28.2 Å². The molecule has 10 nitrogen and oxygen atoms in total. The van der Waals surface area contributed by atoms with Crippen molar-refractivity contribution in [1.82, 2.24) is 24.9 Å². The van der Waals surface area contributed by atoms with E-state index >= 15 is 0 Å². The van der Waals surface area contributed by atoms with Crippen LogP contribution in [0.3, 0.4) is 0 Å². The first-order chi connectivity index (χ1) is 18.8. The molecule has 0 bridgehead atoms. The summed E-state index contributed by atoms with van der Waals surface area (Å²) in [7, 11) is 0. The smallest absolute Gasteiger partial charge is 0.407 e. The molecule has 4 aromatic rings. The number of carbonyl (C=O) groups is 1. The second-order valence-corrected chi connectivity index (χ2v) is 9.73. The Kier molecular flexibility index (Phi) is 7.16. The van der Waals surface area contributed by atoms with Crippen LogP contribution in [-0.2, 0) is 0 Å². The summed E-state index contributed by atoms with van der Waals surface area (Å²) in [6, 6.07) is 16.4. The van der Waals surface area contributed by atoms with Gasteiger partial charge >= 0.3 is 6.09 Å². The van der Waals surface area contributed by atoms with Crippen LogP contribution in [0, 0.1) is 12.7 Å². The molecule has 2 aromatic carbocycles. The Morgan fingerprint density at radius 2 is 1.82 bits per heavy atom. The normalized spacial score (nSPS) is 14.8. The first kappa shape index (κ1) is 26.1. The maximum atomic E-state index is 13.7. The molecule has 0 spiro atoms. The van der Waals surface area contributed by atoms with Gasteiger partial charge in [0.1, 0.15) is 5.82 Å². The number of nitrogens with zero attached hydrogens (tertiary/aromatic N) is 4. The second kappa shape index (κ2) is 10.7. The van der Waals surface area contributed by atoms with Gasteiger partial charge in [-0.25, -0.2) is 9.18 Å². The van der Waals surface area contributed by atoms with Crippen molar-refractivity contribution in [2.45, 2.75) is 31.7 Å². The van der Waals surface area contributed by atoms with E-state index in [9.17, 15) is 24.2 Å². The van der Waals surface area contributed by atoms with E-state index in [4.69, 9.17) is 5.10 Å². The highest BCUT2D eigenvalue weighted by Crippen LogP contribution is 2.39. The maximum absolute atomic E-state index is 13.7. The number of aliphatic hydroxyl groups excluding tert-OH is 1. The molecule has 0 unspecified atom stereocenters. The predicted molar refractivity (Wildman–Crippen MR) is 144 cm³/mol. The number of anilines is 1. The minimum atomic E-state index is -0.977. The van der Waals surface area contributed by atoms with E-state index in [0.717, 1.165) is 5.56 Å². The van der Waals surface area contributed by atoms with Crippen LogP contribution in [0.15, 0.2) is 65.5 Å². The summed E-state index contributed by atoms with van der Waals surface area (Å²) in [4.78, 5) is 25.7. The van der Waals surface area contributed by atoms with Crippen molar-refractivity contribution in [2.75, 3.05) is 25.0 Å². The molecule has 1 aliphatic rings. The number of hydrogen-bond donors (Lipinski definition) is 4. The number of rotatable bonds is 7. The van der Waals surface area contributed by atoms with Gasteiger partial charge in [-0.3, -0.25) is 9.89 Å². The summed E-state index contributed by atoms with van der Waals surface area (Å²) in [6.45, 7) is 2.42. The minimum Gasteiger partial charge on any atom is -0.465 e. The number of likely N-dealkylation sites (tertiary alicyclic amines) is 1. The topological polar surface area (TPSA) is 136 Å². The van der Waals surface area contributed by atoms with Gasteiger partial charge in [-0.15, -0.1) is 0 Å². The third-order valence-electron chi connectivity index (χ3n) is 7.26. The first-order valence-corrected chi connectivity index (χ1v) is 12.7. The van der Waals surface area contributed by atoms with Crippen molar-refractivity contribution in [1.29, 1.82) is 0 Å². The highest BCUT2D eigenvalue weighted by Gasteiger charge is 2.37. The Bertz CT molecular complexity index is 1540. The number of amides is 1. The summed E-state index contributed by atoms with van der Waals surface area (Å²) in [5.41, 5.74) is 2.87. The van der Waals surface area contributed by atoms with E-state index in [1.807, 2.05) is 31.2 Å². The van der Waals surface area contributed by atoms with Gasteiger partial charge in [-0.05, 0) is 68.1 Å². The lowest BCUT2D eigenvalue weighted by atomic mass is 9.84. The molecule has 1 fully saturated rings. The number of H-pyrrole nitrogens is 1. The number of aryl methyl sites for hydroxylation is 1. The Labute approximate surface area is 223 Å². The van der Waals surface area contributed by atoms with Gasteiger partial charge in [-0.2, -0.15) is 14.9 Å². The molecular weight excluding hydrogens is 503 g/mol. The number of aromatic nitrogens is 4. The molecular formula is C28H29FN6O4. The summed E-state index contributed by atoms with van der Waals surface area (Å²) < 4.78 is 15.1. The lowest BCUT2D eigenvalue weighted by Crippen LogP contribution is -2.51. The fraction of sp³-hybridized carbons (Fsp3) is 0.286. The van der Waals surface area contributed by atoms with Gasteiger partial charge in [0.05, 0.1) is 22.6 Å². The number of carboxylic acid groups (broad SMARTS) is 1. The molecule has 5 rings (SSSR count). The summed E-state index contributed by atoms with van der Waals surface area (Å²) >= 11 is 0. The van der Waals surface area contributed by atoms with Crippen LogP contribution < -0.4 is 10.9 Å². The molecule has 11 heteroatoms. The zero-order valence-electron chi connectivity index (χ0n) is 21.4. The van der Waals surface area contributed by atoms with E-state index < -0.39 is 11.6 Å². The zero-order valence-corrected chi connectivity index (χ0v) is 21.4. The summed E-state index contributed by atoms with van der Waals surface area (Å²) in [5, 5.41) is 35.0. The number of aliphatic hydroxyl groups is 1. The largest absolute Gasteiger partial charge is 0.465 e. The van der Waals surface area contributed by atoms with E-state index in [0.29, 0.717) is 66.4 Å². The number of para-hydroxylation sites is 1. The van der Waals surface area contributed by atoms with Gasteiger partial charge < -0.3 is 20.4 Å². The number of piperidine rings is 1. The van der Waals surface area contributed by atoms with Crippen LogP contribution >= 0.6 is 0 Å². The standard InChI is InChI=1S/C28H29FN6O4/c1-18-4-2-3-5-22(18)35-23(37)11-10-21(33-35)24-25(19-6-8-20(29)9-7-19)31-32-26(24)30-28(14-17-36)12-15-34(16-13-28)27(38)39/h2-11,36H,12-17H2,1H3,(H,38,39)(H2,30,31,32). The SMILES string of the molecule is Cc1ccccc1-n1nc(-c2c(NC3(CCO)CCN(C(=O)O)CC3)n[nH]c2-c2ccc(F)cc2)ccc1=O. The van der Waals surface area contributed by atoms with Crippen molar-refractivity contribution in [3.63, 3.8) is 0 Å². The van der Waals surface area contributed by atoms with Crippen LogP contribution in [0.1, 0.15) is 24.8 Å². The van der Waals surface area contributed by atoms with Crippen molar-refractivity contribution >= 4 is 11.9 Å². The number of hydrogen-bond acceptors (Lipinski definition) is 6. The van der Waals surface area contributed by atoms with Crippen molar-refractivity contribution in [3.05, 3.63) is 82.4 Å². The van der Waals surface area contributed by atoms with Crippen LogP contribution in [0.4, 0.5) is 15.0 Å². The first-order valence-electron chi connectivity index (χ1n) is 12.7. The molecule has 4 N–H and O–H groups in total. The molecule has 1 aliphatic heterocycles. The maximum Gasteiger partial charge on any atom is 0.407 e. The fourth-order valence-corrected chi connectivity index (χ4v) is 5.05. The monoisotopic (exact) mass is 532 g/mol. The van der Waals surface area contributed by atoms with Crippen LogP contribution in [0.5, 0.6) is 0 Å². The highest BCUT2D eigenvalue weighted by atomic mass is 19.1. The van der Waals surface area contributed by atoms with Gasteiger partial charge in [0.25, 0.3) is 5.56 Å². The number of benzene rings is 2. The average molecular weight is 533 g/mol.